The van der Waals surface area contributed by atoms with E-state index in [1.165, 1.54) is 42.2 Å². The zero-order valence-electron chi connectivity index (χ0n) is 29.4. The lowest BCUT2D eigenvalue weighted by Crippen LogP contribution is -2.55. The van der Waals surface area contributed by atoms with Crippen LogP contribution in [-0.4, -0.2) is 39.5 Å². The molecule has 2 N–H and O–H groups in total. The molecule has 0 unspecified atom stereocenters. The Morgan fingerprint density at radius 2 is 1.64 bits per heavy atom. The summed E-state index contributed by atoms with van der Waals surface area (Å²) in [4.78, 5) is 72.1. The number of Topliss-reactive ketones (excluding diaryl/α,β-unsaturated/α-hetero) is 1. The molecule has 0 aromatic heterocycles. The van der Waals surface area contributed by atoms with Crippen LogP contribution in [0.2, 0.25) is 5.02 Å². The standard InChI is InChI=1S/C43H33ClFN3O7/c1-22(49)23-2-12-30(13-3-23)47-39(51)33-16-15-32-34(37(33)41(47)53)20-35-40(52)48(46-29-10-8-28(45)9-11-29)42(54)43(35,26-4-6-27(44)7-5-26)38(32)25-18-24-19-31(50)14-17-36(24)55-21-25/h2-15,17,19,21,33-35,37-38,46,50H,16,18,20H2,1H3/t33-,34+,35-,37-,38-,43+/m0/s1. The average Bonchev–Trinajstić information content (AvgIpc) is 3.56. The van der Waals surface area contributed by atoms with Gasteiger partial charge in [-0.05, 0) is 116 Å². The fourth-order valence-corrected chi connectivity index (χ4v) is 9.70. The van der Waals surface area contributed by atoms with E-state index >= 15 is 4.79 Å². The minimum absolute atomic E-state index is 0.0309. The molecule has 0 radical (unpaired) electrons. The first kappa shape index (κ1) is 34.7. The first-order valence-corrected chi connectivity index (χ1v) is 18.4. The fraction of sp³-hybridized carbons (Fsp3) is 0.233. The molecule has 3 heterocycles. The van der Waals surface area contributed by atoms with E-state index in [0.29, 0.717) is 44.4 Å². The average molecular weight is 758 g/mol. The topological polar surface area (TPSA) is 133 Å². The molecule has 0 spiro atoms. The summed E-state index contributed by atoms with van der Waals surface area (Å²) in [7, 11) is 0. The largest absolute Gasteiger partial charge is 0.508 e. The second-order valence-corrected chi connectivity index (χ2v) is 15.2. The van der Waals surface area contributed by atoms with Crippen LogP contribution in [0.1, 0.15) is 41.3 Å². The van der Waals surface area contributed by atoms with Gasteiger partial charge in [-0.25, -0.2) is 4.39 Å². The third kappa shape index (κ3) is 5.24. The van der Waals surface area contributed by atoms with Gasteiger partial charge in [0.2, 0.25) is 11.8 Å². The number of rotatable bonds is 6. The molecule has 9 rings (SSSR count). The van der Waals surface area contributed by atoms with Gasteiger partial charge in [0.15, 0.2) is 5.78 Å². The number of ketones is 1. The van der Waals surface area contributed by atoms with E-state index in [0.717, 1.165) is 10.6 Å². The summed E-state index contributed by atoms with van der Waals surface area (Å²) in [5, 5.41) is 11.9. The molecular weight excluding hydrogens is 725 g/mol. The number of amides is 4. The van der Waals surface area contributed by atoms with E-state index in [2.05, 4.69) is 5.43 Å². The van der Waals surface area contributed by atoms with Gasteiger partial charge in [0.1, 0.15) is 17.3 Å². The third-order valence-electron chi connectivity index (χ3n) is 11.9. The number of phenolic OH excluding ortho intramolecular Hbond substituents is 1. The van der Waals surface area contributed by atoms with Crippen LogP contribution in [0.5, 0.6) is 11.5 Å². The van der Waals surface area contributed by atoms with E-state index in [1.54, 1.807) is 66.9 Å². The number of hydrazine groups is 1. The van der Waals surface area contributed by atoms with Crippen LogP contribution in [0.25, 0.3) is 0 Å². The highest BCUT2D eigenvalue weighted by Crippen LogP contribution is 2.63. The monoisotopic (exact) mass is 757 g/mol. The van der Waals surface area contributed by atoms with E-state index in [4.69, 9.17) is 16.3 Å². The highest BCUT2D eigenvalue weighted by atomic mass is 35.5. The number of fused-ring (bicyclic) bond motifs is 5. The molecule has 55 heavy (non-hydrogen) atoms. The van der Waals surface area contributed by atoms with Crippen molar-refractivity contribution in [1.29, 1.82) is 0 Å². The van der Waals surface area contributed by atoms with Crippen LogP contribution >= 0.6 is 11.6 Å². The number of aromatic hydroxyl groups is 1. The molecule has 276 valence electrons. The molecule has 1 saturated carbocycles. The Balaban J connectivity index is 1.21. The molecule has 2 aliphatic carbocycles. The molecule has 3 fully saturated rings. The highest BCUT2D eigenvalue weighted by Gasteiger charge is 2.70. The molecule has 0 bridgehead atoms. The van der Waals surface area contributed by atoms with Crippen molar-refractivity contribution in [2.45, 2.75) is 31.6 Å². The number of ether oxygens (including phenoxy) is 1. The van der Waals surface area contributed by atoms with Crippen molar-refractivity contribution in [2.75, 3.05) is 10.3 Å². The van der Waals surface area contributed by atoms with Crippen LogP contribution < -0.4 is 15.1 Å². The summed E-state index contributed by atoms with van der Waals surface area (Å²) in [6.45, 7) is 1.44. The van der Waals surface area contributed by atoms with Crippen LogP contribution in [0.4, 0.5) is 15.8 Å². The second kappa shape index (κ2) is 12.8. The van der Waals surface area contributed by atoms with E-state index in [1.807, 2.05) is 6.08 Å². The Morgan fingerprint density at radius 1 is 0.909 bits per heavy atom. The molecule has 12 heteroatoms. The normalized spacial score (nSPS) is 26.7. The number of halogens is 2. The number of nitrogens with zero attached hydrogens (tertiary/aromatic N) is 2. The van der Waals surface area contributed by atoms with Crippen molar-refractivity contribution in [2.24, 2.45) is 29.6 Å². The van der Waals surface area contributed by atoms with Gasteiger partial charge >= 0.3 is 0 Å². The predicted molar refractivity (Wildman–Crippen MR) is 199 cm³/mol. The zero-order chi connectivity index (χ0) is 38.3. The van der Waals surface area contributed by atoms with Gasteiger partial charge in [0, 0.05) is 28.5 Å². The van der Waals surface area contributed by atoms with Gasteiger partial charge in [-0.1, -0.05) is 35.4 Å². The van der Waals surface area contributed by atoms with Crippen LogP contribution in [0.3, 0.4) is 0 Å². The molecule has 4 amide bonds. The fourth-order valence-electron chi connectivity index (χ4n) is 9.57. The smallest absolute Gasteiger partial charge is 0.260 e. The lowest BCUT2D eigenvalue weighted by molar-refractivity contribution is -0.139. The Kier molecular flexibility index (Phi) is 8.05. The summed E-state index contributed by atoms with van der Waals surface area (Å²) < 4.78 is 20.1. The summed E-state index contributed by atoms with van der Waals surface area (Å²) in [5.74, 6) is -6.00. The van der Waals surface area contributed by atoms with Crippen molar-refractivity contribution in [3.05, 3.63) is 142 Å². The first-order chi connectivity index (χ1) is 26.5. The van der Waals surface area contributed by atoms with E-state index in [9.17, 15) is 28.7 Å². The van der Waals surface area contributed by atoms with E-state index in [-0.39, 0.29) is 36.7 Å². The first-order valence-electron chi connectivity index (χ1n) is 18.0. The Bertz CT molecular complexity index is 2390. The number of hydrogen-bond acceptors (Lipinski definition) is 8. The van der Waals surface area contributed by atoms with Crippen molar-refractivity contribution in [3.63, 3.8) is 0 Å². The number of nitrogens with one attached hydrogen (secondary N) is 1. The number of imide groups is 2. The minimum atomic E-state index is -1.57. The number of benzene rings is 4. The molecule has 4 aromatic carbocycles. The van der Waals surface area contributed by atoms with Crippen molar-refractivity contribution < 1.29 is 38.2 Å². The molecular formula is C43H33ClFN3O7. The summed E-state index contributed by atoms with van der Waals surface area (Å²) >= 11 is 6.39. The molecule has 4 aromatic rings. The minimum Gasteiger partial charge on any atom is -0.508 e. The number of anilines is 2. The lowest BCUT2D eigenvalue weighted by atomic mass is 9.48. The van der Waals surface area contributed by atoms with Crippen LogP contribution in [0.15, 0.2) is 114 Å². The second-order valence-electron chi connectivity index (χ2n) is 14.8. The number of phenols is 1. The van der Waals surface area contributed by atoms with Crippen molar-refractivity contribution in [3.8, 4) is 11.5 Å². The van der Waals surface area contributed by atoms with Gasteiger partial charge < -0.3 is 9.84 Å². The molecule has 10 nitrogen and oxygen atoms in total. The summed E-state index contributed by atoms with van der Waals surface area (Å²) in [5.41, 5.74) is 5.06. The van der Waals surface area contributed by atoms with Crippen molar-refractivity contribution >= 4 is 52.4 Å². The van der Waals surface area contributed by atoms with Crippen LogP contribution in [0, 0.1) is 35.4 Å². The molecule has 3 aliphatic heterocycles. The number of carbonyl (C=O) groups excluding carboxylic acids is 5. The number of carbonyl (C=O) groups is 5. The summed E-state index contributed by atoms with van der Waals surface area (Å²) in [6.07, 6.45) is 4.08. The molecule has 5 aliphatic rings. The molecule has 2 saturated heterocycles. The molecule has 6 atom stereocenters. The maximum Gasteiger partial charge on any atom is 0.260 e. The lowest BCUT2D eigenvalue weighted by Gasteiger charge is -2.51. The van der Waals surface area contributed by atoms with E-state index < -0.39 is 58.5 Å². The number of hydrogen-bond donors (Lipinski definition) is 2. The quantitative estimate of drug-likeness (QED) is 0.123. The van der Waals surface area contributed by atoms with Crippen LogP contribution in [-0.2, 0) is 31.0 Å². The zero-order valence-corrected chi connectivity index (χ0v) is 30.1. The van der Waals surface area contributed by atoms with Gasteiger partial charge in [0.25, 0.3) is 11.8 Å². The maximum atomic E-state index is 15.4. The SMILES string of the molecule is CC(=O)c1ccc(N2C(=O)[C@H]3[C@H](CC=C4[C@H](C5=COc6ccc(O)cc6C5)[C@]5(c6ccc(Cl)cc6)C(=O)N(Nc6ccc(F)cc6)C(=O)[C@@H]5C[C@H]43)C2=O)cc1. The number of allylic oxidation sites excluding steroid dienone is 3. The van der Waals surface area contributed by atoms with Gasteiger partial charge in [-0.15, -0.1) is 0 Å². The Hall–Kier alpha value is -6.07. The highest BCUT2D eigenvalue weighted by molar-refractivity contribution is 6.30. The Labute approximate surface area is 319 Å². The third-order valence-corrected chi connectivity index (χ3v) is 12.2. The van der Waals surface area contributed by atoms with Gasteiger partial charge in [0.05, 0.1) is 40.8 Å². The van der Waals surface area contributed by atoms with Gasteiger partial charge in [-0.3, -0.25) is 34.3 Å². The van der Waals surface area contributed by atoms with Crippen molar-refractivity contribution in [1.82, 2.24) is 5.01 Å². The maximum absolute atomic E-state index is 15.4. The summed E-state index contributed by atoms with van der Waals surface area (Å²) in [6, 6.07) is 23.2. The Morgan fingerprint density at radius 3 is 2.35 bits per heavy atom. The predicted octanol–water partition coefficient (Wildman–Crippen LogP) is 6.93. The van der Waals surface area contributed by atoms with Gasteiger partial charge in [-0.2, -0.15) is 5.01 Å².